The fourth-order valence-corrected chi connectivity index (χ4v) is 2.58. The van der Waals surface area contributed by atoms with Crippen LogP contribution in [0.4, 0.5) is 0 Å². The molecule has 0 saturated carbocycles. The number of carbonyl (C=O) groups is 2. The molecule has 1 atom stereocenters. The molecule has 0 amide bonds. The number of methoxy groups -OCH3 is 1. The molecule has 29 heavy (non-hydrogen) atoms. The molecular formula is C25H26O4. The van der Waals surface area contributed by atoms with Gasteiger partial charge >= 0.3 is 0 Å². The zero-order valence-electron chi connectivity index (χ0n) is 16.9. The van der Waals surface area contributed by atoms with Crippen molar-refractivity contribution in [3.05, 3.63) is 108 Å². The van der Waals surface area contributed by atoms with Crippen molar-refractivity contribution in [3.8, 4) is 0 Å². The van der Waals surface area contributed by atoms with Crippen LogP contribution in [-0.4, -0.2) is 29.4 Å². The molecule has 0 fully saturated rings. The number of ketones is 2. The van der Waals surface area contributed by atoms with Crippen molar-refractivity contribution in [1.82, 2.24) is 0 Å². The number of benzene rings is 3. The standard InChI is InChI=1S/C14H12O2.C11H14O2/c15-13(11-7-3-1-4-8-11)14(16)12-9-5-2-6-10-12;1-11(2,13-3)10(12)9-7-5-4-6-8-9/h1-10,13,15H;4-8H,1-3H3. The van der Waals surface area contributed by atoms with Gasteiger partial charge in [-0.15, -0.1) is 0 Å². The number of aliphatic hydroxyl groups excluding tert-OH is 1. The summed E-state index contributed by atoms with van der Waals surface area (Å²) in [4.78, 5) is 23.7. The summed E-state index contributed by atoms with van der Waals surface area (Å²) in [5.74, 6) is -0.262. The molecule has 0 radical (unpaired) electrons. The van der Waals surface area contributed by atoms with Crippen LogP contribution in [0.2, 0.25) is 0 Å². The molecule has 0 heterocycles. The molecular weight excluding hydrogens is 364 g/mol. The SMILES string of the molecule is COC(C)(C)C(=O)c1ccccc1.O=C(c1ccccc1)C(O)c1ccccc1. The maximum absolute atomic E-state index is 11.9. The Bertz CT molecular complexity index is 903. The van der Waals surface area contributed by atoms with Gasteiger partial charge in [0.1, 0.15) is 11.7 Å². The first kappa shape index (κ1) is 22.2. The maximum Gasteiger partial charge on any atom is 0.195 e. The van der Waals surface area contributed by atoms with Crippen molar-refractivity contribution in [2.45, 2.75) is 25.6 Å². The molecule has 4 nitrogen and oxygen atoms in total. The number of ether oxygens (including phenoxy) is 1. The van der Waals surface area contributed by atoms with Crippen LogP contribution in [0.25, 0.3) is 0 Å². The Balaban J connectivity index is 0.000000212. The van der Waals surface area contributed by atoms with E-state index in [1.807, 2.05) is 30.3 Å². The summed E-state index contributed by atoms with van der Waals surface area (Å²) in [5, 5.41) is 9.89. The minimum atomic E-state index is -1.08. The number of hydrogen-bond donors (Lipinski definition) is 1. The summed E-state index contributed by atoms with van der Waals surface area (Å²) in [5.41, 5.74) is 1.10. The number of hydrogen-bond acceptors (Lipinski definition) is 4. The highest BCUT2D eigenvalue weighted by Crippen LogP contribution is 2.18. The number of Topliss-reactive ketones (excluding diaryl/α,β-unsaturated/α-hetero) is 2. The van der Waals surface area contributed by atoms with Gasteiger partial charge in [-0.1, -0.05) is 91.0 Å². The molecule has 3 aromatic carbocycles. The number of carbonyl (C=O) groups excluding carboxylic acids is 2. The third-order valence-corrected chi connectivity index (χ3v) is 4.52. The molecule has 0 bridgehead atoms. The van der Waals surface area contributed by atoms with Crippen LogP contribution in [-0.2, 0) is 4.74 Å². The van der Waals surface area contributed by atoms with E-state index < -0.39 is 11.7 Å². The van der Waals surface area contributed by atoms with Crippen molar-refractivity contribution < 1.29 is 19.4 Å². The van der Waals surface area contributed by atoms with E-state index in [1.54, 1.807) is 81.6 Å². The van der Waals surface area contributed by atoms with Crippen LogP contribution in [0.3, 0.4) is 0 Å². The van der Waals surface area contributed by atoms with Crippen molar-refractivity contribution in [2.75, 3.05) is 7.11 Å². The first-order valence-corrected chi connectivity index (χ1v) is 9.34. The third-order valence-electron chi connectivity index (χ3n) is 4.52. The normalized spacial score (nSPS) is 11.7. The molecule has 0 aliphatic rings. The van der Waals surface area contributed by atoms with Crippen LogP contribution in [0.1, 0.15) is 46.2 Å². The Morgan fingerprint density at radius 3 is 1.62 bits per heavy atom. The van der Waals surface area contributed by atoms with E-state index >= 15 is 0 Å². The van der Waals surface area contributed by atoms with E-state index in [-0.39, 0.29) is 11.6 Å². The van der Waals surface area contributed by atoms with E-state index in [0.29, 0.717) is 16.7 Å². The van der Waals surface area contributed by atoms with Gasteiger partial charge in [-0.05, 0) is 19.4 Å². The molecule has 0 spiro atoms. The predicted octanol–water partition coefficient (Wildman–Crippen LogP) is 4.90. The molecule has 1 N–H and O–H groups in total. The van der Waals surface area contributed by atoms with Gasteiger partial charge in [0, 0.05) is 18.2 Å². The molecule has 0 aliphatic heterocycles. The van der Waals surface area contributed by atoms with Gasteiger partial charge < -0.3 is 9.84 Å². The van der Waals surface area contributed by atoms with E-state index in [2.05, 4.69) is 0 Å². The first-order chi connectivity index (χ1) is 13.9. The molecule has 1 unspecified atom stereocenters. The van der Waals surface area contributed by atoms with Gasteiger partial charge in [0.15, 0.2) is 11.6 Å². The van der Waals surface area contributed by atoms with Gasteiger partial charge in [-0.3, -0.25) is 9.59 Å². The molecule has 0 aliphatic carbocycles. The molecule has 3 rings (SSSR count). The molecule has 0 aromatic heterocycles. The summed E-state index contributed by atoms with van der Waals surface area (Å²) >= 11 is 0. The Labute approximate surface area is 171 Å². The lowest BCUT2D eigenvalue weighted by Crippen LogP contribution is -2.33. The Morgan fingerprint density at radius 1 is 0.759 bits per heavy atom. The second-order valence-corrected chi connectivity index (χ2v) is 6.95. The first-order valence-electron chi connectivity index (χ1n) is 9.34. The van der Waals surface area contributed by atoms with Crippen LogP contribution >= 0.6 is 0 Å². The average molecular weight is 390 g/mol. The lowest BCUT2D eigenvalue weighted by molar-refractivity contribution is 0.0228. The summed E-state index contributed by atoms with van der Waals surface area (Å²) in [6.45, 7) is 3.53. The highest BCUT2D eigenvalue weighted by Gasteiger charge is 2.27. The molecule has 3 aromatic rings. The van der Waals surface area contributed by atoms with Gasteiger partial charge in [0.05, 0.1) is 0 Å². The Morgan fingerprint density at radius 2 is 1.17 bits per heavy atom. The Hall–Kier alpha value is -3.08. The van der Waals surface area contributed by atoms with Gasteiger partial charge in [0.25, 0.3) is 0 Å². The van der Waals surface area contributed by atoms with Crippen LogP contribution in [0.5, 0.6) is 0 Å². The zero-order chi connectivity index (χ0) is 21.3. The van der Waals surface area contributed by atoms with Gasteiger partial charge in [-0.2, -0.15) is 0 Å². The second-order valence-electron chi connectivity index (χ2n) is 6.95. The van der Waals surface area contributed by atoms with E-state index in [9.17, 15) is 14.7 Å². The number of aliphatic hydroxyl groups is 1. The van der Waals surface area contributed by atoms with Crippen molar-refractivity contribution in [3.63, 3.8) is 0 Å². The summed E-state index contributed by atoms with van der Waals surface area (Å²) in [6.07, 6.45) is -1.08. The van der Waals surface area contributed by atoms with Crippen LogP contribution in [0, 0.1) is 0 Å². The largest absolute Gasteiger partial charge is 0.380 e. The monoisotopic (exact) mass is 390 g/mol. The smallest absolute Gasteiger partial charge is 0.195 e. The molecule has 150 valence electrons. The van der Waals surface area contributed by atoms with E-state index in [1.165, 1.54) is 0 Å². The van der Waals surface area contributed by atoms with Crippen molar-refractivity contribution >= 4 is 11.6 Å². The maximum atomic E-state index is 11.9. The summed E-state index contributed by atoms with van der Waals surface area (Å²) in [6, 6.07) is 26.9. The van der Waals surface area contributed by atoms with Crippen molar-refractivity contribution in [2.24, 2.45) is 0 Å². The zero-order valence-corrected chi connectivity index (χ0v) is 16.9. The summed E-state index contributed by atoms with van der Waals surface area (Å²) < 4.78 is 5.10. The van der Waals surface area contributed by atoms with Gasteiger partial charge in [-0.25, -0.2) is 0 Å². The Kier molecular flexibility index (Phi) is 8.01. The quantitative estimate of drug-likeness (QED) is 0.608. The third kappa shape index (κ3) is 6.21. The molecule has 0 saturated heterocycles. The molecule has 4 heteroatoms. The second kappa shape index (κ2) is 10.5. The minimum absolute atomic E-state index is 0.00981. The van der Waals surface area contributed by atoms with Crippen molar-refractivity contribution in [1.29, 1.82) is 0 Å². The fourth-order valence-electron chi connectivity index (χ4n) is 2.58. The van der Waals surface area contributed by atoms with E-state index in [0.717, 1.165) is 0 Å². The summed E-state index contributed by atoms with van der Waals surface area (Å²) in [7, 11) is 1.54. The van der Waals surface area contributed by atoms with Crippen LogP contribution in [0.15, 0.2) is 91.0 Å². The lowest BCUT2D eigenvalue weighted by atomic mass is 9.97. The average Bonchev–Trinajstić information content (AvgIpc) is 2.79. The minimum Gasteiger partial charge on any atom is -0.380 e. The fraction of sp³-hybridized carbons (Fsp3) is 0.200. The van der Waals surface area contributed by atoms with E-state index in [4.69, 9.17) is 4.74 Å². The highest BCUT2D eigenvalue weighted by atomic mass is 16.5. The highest BCUT2D eigenvalue weighted by molar-refractivity contribution is 6.02. The predicted molar refractivity (Wildman–Crippen MR) is 114 cm³/mol. The topological polar surface area (TPSA) is 63.6 Å². The van der Waals surface area contributed by atoms with Crippen LogP contribution < -0.4 is 0 Å². The lowest BCUT2D eigenvalue weighted by Gasteiger charge is -2.20. The number of rotatable bonds is 6. The van der Waals surface area contributed by atoms with Gasteiger partial charge in [0.2, 0.25) is 0 Å².